The number of nitro groups is 1. The van der Waals surface area contributed by atoms with Crippen molar-refractivity contribution in [1.29, 1.82) is 0 Å². The Kier molecular flexibility index (Phi) is 5.16. The lowest BCUT2D eigenvalue weighted by molar-refractivity contribution is -0.385. The summed E-state index contributed by atoms with van der Waals surface area (Å²) >= 11 is 0. The Morgan fingerprint density at radius 2 is 1.84 bits per heavy atom. The van der Waals surface area contributed by atoms with E-state index in [2.05, 4.69) is 9.73 Å². The number of methoxy groups -OCH3 is 1. The van der Waals surface area contributed by atoms with E-state index in [4.69, 9.17) is 0 Å². The number of ether oxygens (including phenoxy) is 1. The zero-order chi connectivity index (χ0) is 18.6. The first kappa shape index (κ1) is 18.1. The van der Waals surface area contributed by atoms with Gasteiger partial charge in [0.15, 0.2) is 0 Å². The number of carbonyl (C=O) groups excluding carboxylic acids is 1. The Morgan fingerprint density at radius 1 is 1.20 bits per heavy atom. The molecule has 0 unspecified atom stereocenters. The maximum Gasteiger partial charge on any atom is 0.416 e. The minimum absolute atomic E-state index is 0.000815. The van der Waals surface area contributed by atoms with Crippen molar-refractivity contribution in [3.8, 4) is 0 Å². The molecule has 2 aromatic rings. The van der Waals surface area contributed by atoms with Crippen LogP contribution in [0, 0.1) is 10.1 Å². The molecule has 130 valence electrons. The fraction of sp³-hybridized carbons (Fsp3) is 0.125. The summed E-state index contributed by atoms with van der Waals surface area (Å²) in [5.41, 5.74) is -0.906. The van der Waals surface area contributed by atoms with Crippen molar-refractivity contribution in [2.75, 3.05) is 7.11 Å². The quantitative estimate of drug-likeness (QED) is 0.358. The first-order valence-electron chi connectivity index (χ1n) is 6.80. The lowest BCUT2D eigenvalue weighted by Crippen LogP contribution is -2.04. The van der Waals surface area contributed by atoms with Gasteiger partial charge >= 0.3 is 12.1 Å². The van der Waals surface area contributed by atoms with Crippen LogP contribution in [0.4, 0.5) is 24.5 Å². The third-order valence-corrected chi connectivity index (χ3v) is 3.20. The highest BCUT2D eigenvalue weighted by atomic mass is 19.4. The molecule has 0 spiro atoms. The van der Waals surface area contributed by atoms with Gasteiger partial charge in [0.1, 0.15) is 0 Å². The van der Waals surface area contributed by atoms with Crippen LogP contribution in [-0.2, 0) is 10.9 Å². The van der Waals surface area contributed by atoms with Gasteiger partial charge in [-0.15, -0.1) is 0 Å². The second-order valence-electron chi connectivity index (χ2n) is 4.83. The molecule has 0 amide bonds. The minimum Gasteiger partial charge on any atom is -0.465 e. The van der Waals surface area contributed by atoms with Crippen LogP contribution < -0.4 is 0 Å². The van der Waals surface area contributed by atoms with E-state index >= 15 is 0 Å². The summed E-state index contributed by atoms with van der Waals surface area (Å²) in [5, 5.41) is 11.1. The number of carbonyl (C=O) groups is 1. The Bertz CT molecular complexity index is 830. The third-order valence-electron chi connectivity index (χ3n) is 3.20. The number of nitro benzene ring substituents is 1. The number of nitrogens with zero attached hydrogens (tertiary/aromatic N) is 2. The number of alkyl halides is 3. The predicted octanol–water partition coefficient (Wildman–Crippen LogP) is 4.15. The summed E-state index contributed by atoms with van der Waals surface area (Å²) in [6.45, 7) is 0. The number of hydrogen-bond acceptors (Lipinski definition) is 5. The summed E-state index contributed by atoms with van der Waals surface area (Å²) in [6.07, 6.45) is -3.31. The van der Waals surface area contributed by atoms with Crippen molar-refractivity contribution in [1.82, 2.24) is 0 Å². The number of hydrogen-bond donors (Lipinski definition) is 0. The van der Waals surface area contributed by atoms with E-state index in [1.54, 1.807) is 0 Å². The van der Waals surface area contributed by atoms with E-state index in [-0.39, 0.29) is 22.5 Å². The fourth-order valence-electron chi connectivity index (χ4n) is 1.94. The van der Waals surface area contributed by atoms with Crippen LogP contribution in [0.2, 0.25) is 0 Å². The Morgan fingerprint density at radius 3 is 2.36 bits per heavy atom. The molecular formula is C16H11F3N2O4. The number of esters is 1. The van der Waals surface area contributed by atoms with Gasteiger partial charge in [-0.25, -0.2) is 4.79 Å². The average Bonchev–Trinajstić information content (AvgIpc) is 2.58. The van der Waals surface area contributed by atoms with Gasteiger partial charge in [0.05, 0.1) is 34.4 Å². The van der Waals surface area contributed by atoms with Gasteiger partial charge in [-0.1, -0.05) is 0 Å². The zero-order valence-corrected chi connectivity index (χ0v) is 12.8. The van der Waals surface area contributed by atoms with E-state index in [0.29, 0.717) is 0 Å². The first-order valence-corrected chi connectivity index (χ1v) is 6.80. The second kappa shape index (κ2) is 7.12. The van der Waals surface area contributed by atoms with Crippen LogP contribution in [-0.4, -0.2) is 24.2 Å². The molecule has 2 aromatic carbocycles. The van der Waals surface area contributed by atoms with E-state index in [1.165, 1.54) is 12.1 Å². The molecule has 25 heavy (non-hydrogen) atoms. The van der Waals surface area contributed by atoms with E-state index in [9.17, 15) is 28.1 Å². The molecule has 0 atom stereocenters. The molecule has 0 heterocycles. The third kappa shape index (κ3) is 4.40. The average molecular weight is 352 g/mol. The molecular weight excluding hydrogens is 341 g/mol. The number of rotatable bonds is 4. The summed E-state index contributed by atoms with van der Waals surface area (Å²) in [7, 11) is 1.15. The second-order valence-corrected chi connectivity index (χ2v) is 4.83. The molecule has 0 fully saturated rings. The highest BCUT2D eigenvalue weighted by Crippen LogP contribution is 2.30. The number of halogens is 3. The van der Waals surface area contributed by atoms with Crippen molar-refractivity contribution in [2.24, 2.45) is 4.99 Å². The molecule has 0 aliphatic heterocycles. The molecule has 9 heteroatoms. The highest BCUT2D eigenvalue weighted by molar-refractivity contribution is 5.94. The summed E-state index contributed by atoms with van der Waals surface area (Å²) < 4.78 is 42.0. The Labute approximate surface area is 139 Å². The first-order chi connectivity index (χ1) is 11.7. The Hall–Kier alpha value is -3.23. The highest BCUT2D eigenvalue weighted by Gasteiger charge is 2.29. The van der Waals surface area contributed by atoms with Gasteiger partial charge in [-0.2, -0.15) is 13.2 Å². The van der Waals surface area contributed by atoms with Gasteiger partial charge in [0.25, 0.3) is 5.69 Å². The van der Waals surface area contributed by atoms with Crippen molar-refractivity contribution < 1.29 is 27.6 Å². The smallest absolute Gasteiger partial charge is 0.416 e. The van der Waals surface area contributed by atoms with Crippen molar-refractivity contribution in [2.45, 2.75) is 6.18 Å². The lowest BCUT2D eigenvalue weighted by Gasteiger charge is -2.05. The van der Waals surface area contributed by atoms with Crippen LogP contribution in [0.5, 0.6) is 0 Å². The zero-order valence-electron chi connectivity index (χ0n) is 12.8. The maximum absolute atomic E-state index is 12.5. The molecule has 2 rings (SSSR count). The molecule has 0 aliphatic rings. The molecule has 0 radical (unpaired) electrons. The molecule has 0 aromatic heterocycles. The summed E-state index contributed by atoms with van der Waals surface area (Å²) in [6, 6.07) is 7.69. The summed E-state index contributed by atoms with van der Waals surface area (Å²) in [5.74, 6) is -0.727. The van der Waals surface area contributed by atoms with Crippen LogP contribution in [0.3, 0.4) is 0 Å². The van der Waals surface area contributed by atoms with E-state index < -0.39 is 22.6 Å². The normalized spacial score (nSPS) is 11.5. The van der Waals surface area contributed by atoms with Gasteiger partial charge in [-0.3, -0.25) is 15.1 Å². The van der Waals surface area contributed by atoms with Crippen molar-refractivity contribution >= 4 is 23.6 Å². The molecule has 0 N–H and O–H groups in total. The van der Waals surface area contributed by atoms with E-state index in [0.717, 1.165) is 43.7 Å². The largest absolute Gasteiger partial charge is 0.465 e. The van der Waals surface area contributed by atoms with Gasteiger partial charge in [0, 0.05) is 12.3 Å². The molecule has 6 nitrogen and oxygen atoms in total. The molecule has 0 saturated carbocycles. The SMILES string of the molecule is COC(=O)c1ccc(C=Nc2ccc(C(F)(F)F)cc2)c([N+](=O)[O-])c1. The van der Waals surface area contributed by atoms with Crippen LogP contribution >= 0.6 is 0 Å². The summed E-state index contributed by atoms with van der Waals surface area (Å²) in [4.78, 5) is 25.8. The topological polar surface area (TPSA) is 81.8 Å². The van der Waals surface area contributed by atoms with Crippen LogP contribution in [0.1, 0.15) is 21.5 Å². The fourth-order valence-corrected chi connectivity index (χ4v) is 1.94. The van der Waals surface area contributed by atoms with Gasteiger partial charge in [-0.05, 0) is 36.4 Å². The minimum atomic E-state index is -4.45. The standard InChI is InChI=1S/C16H11F3N2O4/c1-25-15(22)10-2-3-11(14(8-10)21(23)24)9-20-13-6-4-12(5-7-13)16(17,18)19/h2-9H,1H3. The Balaban J connectivity index is 2.31. The van der Waals surface area contributed by atoms with Crippen molar-refractivity contribution in [3.63, 3.8) is 0 Å². The predicted molar refractivity (Wildman–Crippen MR) is 83.1 cm³/mol. The van der Waals surface area contributed by atoms with Gasteiger partial charge in [0.2, 0.25) is 0 Å². The molecule has 0 aliphatic carbocycles. The van der Waals surface area contributed by atoms with E-state index in [1.807, 2.05) is 0 Å². The molecule has 0 bridgehead atoms. The monoisotopic (exact) mass is 352 g/mol. The maximum atomic E-state index is 12.5. The van der Waals surface area contributed by atoms with Gasteiger partial charge < -0.3 is 4.74 Å². The number of aliphatic imine (C=N–C) groups is 1. The lowest BCUT2D eigenvalue weighted by atomic mass is 10.1. The number of benzene rings is 2. The van der Waals surface area contributed by atoms with Crippen LogP contribution in [0.25, 0.3) is 0 Å². The van der Waals surface area contributed by atoms with Crippen molar-refractivity contribution in [3.05, 3.63) is 69.3 Å². The molecule has 0 saturated heterocycles. The van der Waals surface area contributed by atoms with Crippen LogP contribution in [0.15, 0.2) is 47.5 Å².